The first-order chi connectivity index (χ1) is 10.2. The third-order valence-corrected chi connectivity index (χ3v) is 5.64. The van der Waals surface area contributed by atoms with E-state index in [1.54, 1.807) is 0 Å². The molecule has 9 heteroatoms. The summed E-state index contributed by atoms with van der Waals surface area (Å²) in [6.45, 7) is 3.53. The summed E-state index contributed by atoms with van der Waals surface area (Å²) in [7, 11) is 0. The Hall–Kier alpha value is -0.900. The zero-order chi connectivity index (χ0) is 14.7. The van der Waals surface area contributed by atoms with Gasteiger partial charge in [-0.05, 0) is 25.9 Å². The second kappa shape index (κ2) is 6.91. The zero-order valence-electron chi connectivity index (χ0n) is 11.7. The lowest BCUT2D eigenvalue weighted by Crippen LogP contribution is -2.50. The van der Waals surface area contributed by atoms with E-state index in [0.717, 1.165) is 17.4 Å². The van der Waals surface area contributed by atoms with Crippen LogP contribution in [0.1, 0.15) is 12.8 Å². The van der Waals surface area contributed by atoms with E-state index in [4.69, 9.17) is 10.5 Å². The van der Waals surface area contributed by atoms with Crippen molar-refractivity contribution < 1.29 is 9.53 Å². The molecule has 2 atom stereocenters. The Kier molecular flexibility index (Phi) is 4.94. The number of rotatable bonds is 5. The molecule has 0 aliphatic carbocycles. The molecule has 2 aliphatic heterocycles. The summed E-state index contributed by atoms with van der Waals surface area (Å²) in [5.74, 6) is 0.339. The van der Waals surface area contributed by atoms with Crippen molar-refractivity contribution in [3.8, 4) is 0 Å². The number of nitrogens with two attached hydrogens (primary N) is 1. The van der Waals surface area contributed by atoms with Crippen LogP contribution >= 0.6 is 23.1 Å². The molecule has 1 aromatic rings. The van der Waals surface area contributed by atoms with Crippen LogP contribution in [0.2, 0.25) is 0 Å². The molecule has 0 bridgehead atoms. The molecule has 7 nitrogen and oxygen atoms in total. The van der Waals surface area contributed by atoms with Gasteiger partial charge in [-0.25, -0.2) is 0 Å². The SMILES string of the molecule is Nc1nnc(SCC(=O)N[C@H]2COC[C@@H]2N2CCCC2)s1. The number of nitrogens with one attached hydrogen (secondary N) is 1. The van der Waals surface area contributed by atoms with Crippen LogP contribution in [0.3, 0.4) is 0 Å². The lowest BCUT2D eigenvalue weighted by molar-refractivity contribution is -0.119. The molecule has 3 rings (SSSR count). The van der Waals surface area contributed by atoms with E-state index < -0.39 is 0 Å². The number of carbonyl (C=O) groups is 1. The molecule has 0 spiro atoms. The lowest BCUT2D eigenvalue weighted by Gasteiger charge is -2.27. The van der Waals surface area contributed by atoms with E-state index in [2.05, 4.69) is 20.4 Å². The average Bonchev–Trinajstić information content (AvgIpc) is 3.16. The van der Waals surface area contributed by atoms with Gasteiger partial charge in [-0.1, -0.05) is 23.1 Å². The van der Waals surface area contributed by atoms with E-state index in [9.17, 15) is 4.79 Å². The maximum Gasteiger partial charge on any atom is 0.230 e. The second-order valence-electron chi connectivity index (χ2n) is 5.22. The smallest absolute Gasteiger partial charge is 0.230 e. The van der Waals surface area contributed by atoms with Gasteiger partial charge in [-0.15, -0.1) is 10.2 Å². The van der Waals surface area contributed by atoms with Crippen LogP contribution in [0.5, 0.6) is 0 Å². The van der Waals surface area contributed by atoms with E-state index >= 15 is 0 Å². The second-order valence-corrected chi connectivity index (χ2v) is 7.45. The summed E-state index contributed by atoms with van der Waals surface area (Å²) < 4.78 is 6.27. The lowest BCUT2D eigenvalue weighted by atomic mass is 10.1. The molecular weight excluding hydrogens is 310 g/mol. The van der Waals surface area contributed by atoms with Crippen LogP contribution < -0.4 is 11.1 Å². The van der Waals surface area contributed by atoms with Crippen LogP contribution in [-0.4, -0.2) is 65.1 Å². The first-order valence-corrected chi connectivity index (χ1v) is 8.85. The number of hydrogen-bond donors (Lipinski definition) is 2. The van der Waals surface area contributed by atoms with Crippen LogP contribution in [-0.2, 0) is 9.53 Å². The van der Waals surface area contributed by atoms with Crippen LogP contribution in [0.4, 0.5) is 5.13 Å². The Morgan fingerprint density at radius 2 is 2.24 bits per heavy atom. The first-order valence-electron chi connectivity index (χ1n) is 7.05. The summed E-state index contributed by atoms with van der Waals surface area (Å²) in [6, 6.07) is 0.411. The van der Waals surface area contributed by atoms with E-state index in [1.807, 2.05) is 0 Å². The Balaban J connectivity index is 1.47. The highest BCUT2D eigenvalue weighted by atomic mass is 32.2. The molecule has 3 N–H and O–H groups in total. The van der Waals surface area contributed by atoms with Gasteiger partial charge in [0.05, 0.1) is 31.1 Å². The standard InChI is InChI=1S/C12H19N5O2S2/c13-11-15-16-12(21-11)20-7-10(18)14-8-5-19-6-9(8)17-3-1-2-4-17/h8-9H,1-7H2,(H2,13,15)(H,14,18)/t8-,9-/m0/s1. The molecule has 0 radical (unpaired) electrons. The van der Waals surface area contributed by atoms with Crippen LogP contribution in [0, 0.1) is 0 Å². The predicted molar refractivity (Wildman–Crippen MR) is 82.4 cm³/mol. The fourth-order valence-corrected chi connectivity index (χ4v) is 4.22. The number of anilines is 1. The minimum absolute atomic E-state index is 0.00784. The maximum absolute atomic E-state index is 12.1. The highest BCUT2D eigenvalue weighted by molar-refractivity contribution is 8.01. The van der Waals surface area contributed by atoms with E-state index in [0.29, 0.717) is 30.1 Å². The van der Waals surface area contributed by atoms with Gasteiger partial charge in [0.2, 0.25) is 11.0 Å². The topological polar surface area (TPSA) is 93.4 Å². The number of nitrogen functional groups attached to an aromatic ring is 1. The van der Waals surface area contributed by atoms with Crippen molar-refractivity contribution in [3.05, 3.63) is 0 Å². The van der Waals surface area contributed by atoms with Gasteiger partial charge in [0.15, 0.2) is 4.34 Å². The number of ether oxygens (including phenoxy) is 1. The number of aromatic nitrogens is 2. The number of nitrogens with zero attached hydrogens (tertiary/aromatic N) is 3. The molecule has 2 fully saturated rings. The van der Waals surface area contributed by atoms with Gasteiger partial charge in [0.1, 0.15) is 0 Å². The number of amides is 1. The van der Waals surface area contributed by atoms with Crippen molar-refractivity contribution in [1.82, 2.24) is 20.4 Å². The third-order valence-electron chi connectivity index (χ3n) is 3.76. The molecular formula is C12H19N5O2S2. The number of hydrogen-bond acceptors (Lipinski definition) is 8. The summed E-state index contributed by atoms with van der Waals surface area (Å²) in [5, 5.41) is 11.1. The number of carbonyl (C=O) groups excluding carboxylic acids is 1. The van der Waals surface area contributed by atoms with Gasteiger partial charge < -0.3 is 15.8 Å². The molecule has 0 unspecified atom stereocenters. The van der Waals surface area contributed by atoms with Crippen molar-refractivity contribution in [3.63, 3.8) is 0 Å². The predicted octanol–water partition coefficient (Wildman–Crippen LogP) is 0.192. The van der Waals surface area contributed by atoms with Gasteiger partial charge >= 0.3 is 0 Å². The number of thioether (sulfide) groups is 1. The Morgan fingerprint density at radius 1 is 1.43 bits per heavy atom. The first kappa shape index (κ1) is 15.0. The summed E-state index contributed by atoms with van der Waals surface area (Å²) >= 11 is 2.66. The van der Waals surface area contributed by atoms with Crippen molar-refractivity contribution >= 4 is 34.1 Å². The van der Waals surface area contributed by atoms with Gasteiger partial charge in [-0.2, -0.15) is 0 Å². The Bertz CT molecular complexity index is 492. The molecule has 1 amide bonds. The largest absolute Gasteiger partial charge is 0.378 e. The van der Waals surface area contributed by atoms with Gasteiger partial charge in [0.25, 0.3) is 0 Å². The summed E-state index contributed by atoms with van der Waals surface area (Å²) in [4.78, 5) is 14.5. The quantitative estimate of drug-likeness (QED) is 0.745. The van der Waals surface area contributed by atoms with Crippen molar-refractivity contribution in [2.45, 2.75) is 29.3 Å². The normalized spacial score (nSPS) is 26.3. The highest BCUT2D eigenvalue weighted by Crippen LogP contribution is 2.23. The van der Waals surface area contributed by atoms with Crippen LogP contribution in [0.15, 0.2) is 4.34 Å². The molecule has 2 aliphatic rings. The molecule has 21 heavy (non-hydrogen) atoms. The molecule has 0 aromatic carbocycles. The van der Waals surface area contributed by atoms with E-state index in [1.165, 1.54) is 35.9 Å². The molecule has 2 saturated heterocycles. The van der Waals surface area contributed by atoms with Crippen LogP contribution in [0.25, 0.3) is 0 Å². The Morgan fingerprint density at radius 3 is 2.95 bits per heavy atom. The Labute approximate surface area is 131 Å². The van der Waals surface area contributed by atoms with Crippen molar-refractivity contribution in [2.75, 3.05) is 37.8 Å². The summed E-state index contributed by atoms with van der Waals surface area (Å²) in [6.07, 6.45) is 2.48. The van der Waals surface area contributed by atoms with Crippen molar-refractivity contribution in [2.24, 2.45) is 0 Å². The molecule has 3 heterocycles. The zero-order valence-corrected chi connectivity index (χ0v) is 13.3. The summed E-state index contributed by atoms with van der Waals surface area (Å²) in [5.41, 5.74) is 5.51. The minimum Gasteiger partial charge on any atom is -0.378 e. The average molecular weight is 329 g/mol. The molecule has 116 valence electrons. The fraction of sp³-hybridized carbons (Fsp3) is 0.750. The highest BCUT2D eigenvalue weighted by Gasteiger charge is 2.35. The van der Waals surface area contributed by atoms with Gasteiger partial charge in [-0.3, -0.25) is 9.69 Å². The van der Waals surface area contributed by atoms with E-state index in [-0.39, 0.29) is 11.9 Å². The minimum atomic E-state index is 0.00784. The monoisotopic (exact) mass is 329 g/mol. The van der Waals surface area contributed by atoms with Gasteiger partial charge in [0, 0.05) is 0 Å². The third kappa shape index (κ3) is 3.85. The van der Waals surface area contributed by atoms with Crippen molar-refractivity contribution in [1.29, 1.82) is 0 Å². The maximum atomic E-state index is 12.1. The fourth-order valence-electron chi connectivity index (χ4n) is 2.77. The molecule has 0 saturated carbocycles. The number of likely N-dealkylation sites (tertiary alicyclic amines) is 1. The molecule has 1 aromatic heterocycles.